The second-order valence-corrected chi connectivity index (χ2v) is 4.20. The first-order valence-electron chi connectivity index (χ1n) is 5.47. The summed E-state index contributed by atoms with van der Waals surface area (Å²) in [5.74, 6) is 0. The monoisotopic (exact) mass is 259 g/mol. The number of hydrogen-bond donors (Lipinski definition) is 0. The maximum Gasteiger partial charge on any atom is 0.427 e. The standard InChI is InChI=1S/C12H12F3NO2/c1-8-10(12(13,14)15)18-11(17)16(8)7-9-5-3-2-4-6-9/h2-6,8,10H,7H2,1H3/t8-,10+/m1/s1. The van der Waals surface area contributed by atoms with Crippen LogP contribution in [0.3, 0.4) is 0 Å². The fourth-order valence-corrected chi connectivity index (χ4v) is 1.93. The highest BCUT2D eigenvalue weighted by Gasteiger charge is 2.54. The number of halogens is 3. The van der Waals surface area contributed by atoms with E-state index in [9.17, 15) is 18.0 Å². The van der Waals surface area contributed by atoms with Gasteiger partial charge in [-0.25, -0.2) is 4.79 Å². The number of alkyl halides is 3. The zero-order valence-electron chi connectivity index (χ0n) is 9.65. The smallest absolute Gasteiger partial charge is 0.427 e. The van der Waals surface area contributed by atoms with Crippen molar-refractivity contribution in [2.75, 3.05) is 0 Å². The molecule has 0 unspecified atom stereocenters. The molecule has 0 saturated carbocycles. The van der Waals surface area contributed by atoms with Crippen molar-refractivity contribution < 1.29 is 22.7 Å². The van der Waals surface area contributed by atoms with Crippen LogP contribution in [0.25, 0.3) is 0 Å². The van der Waals surface area contributed by atoms with Crippen molar-refractivity contribution in [3.63, 3.8) is 0 Å². The Morgan fingerprint density at radius 1 is 1.28 bits per heavy atom. The molecule has 6 heteroatoms. The number of hydrogen-bond acceptors (Lipinski definition) is 2. The quantitative estimate of drug-likeness (QED) is 0.817. The summed E-state index contributed by atoms with van der Waals surface area (Å²) < 4.78 is 42.2. The van der Waals surface area contributed by atoms with Crippen LogP contribution in [0.2, 0.25) is 0 Å². The number of cyclic esters (lactones) is 1. The van der Waals surface area contributed by atoms with E-state index in [0.29, 0.717) is 0 Å². The maximum absolute atomic E-state index is 12.6. The largest absolute Gasteiger partial charge is 0.434 e. The van der Waals surface area contributed by atoms with Crippen LogP contribution in [0.5, 0.6) is 0 Å². The minimum absolute atomic E-state index is 0.118. The van der Waals surface area contributed by atoms with Gasteiger partial charge >= 0.3 is 12.3 Å². The Kier molecular flexibility index (Phi) is 3.19. The van der Waals surface area contributed by atoms with Crippen LogP contribution in [0.15, 0.2) is 30.3 Å². The summed E-state index contributed by atoms with van der Waals surface area (Å²) in [4.78, 5) is 12.5. The van der Waals surface area contributed by atoms with Crippen molar-refractivity contribution in [2.45, 2.75) is 31.8 Å². The molecule has 1 aliphatic heterocycles. The van der Waals surface area contributed by atoms with Crippen LogP contribution in [-0.4, -0.2) is 29.3 Å². The van der Waals surface area contributed by atoms with Crippen molar-refractivity contribution in [2.24, 2.45) is 0 Å². The van der Waals surface area contributed by atoms with E-state index in [1.165, 1.54) is 6.92 Å². The molecule has 0 spiro atoms. The third kappa shape index (κ3) is 2.42. The molecule has 0 bridgehead atoms. The summed E-state index contributed by atoms with van der Waals surface area (Å²) in [5.41, 5.74) is 0.768. The van der Waals surface area contributed by atoms with Gasteiger partial charge < -0.3 is 4.74 Å². The highest BCUT2D eigenvalue weighted by molar-refractivity contribution is 5.70. The molecule has 0 aromatic heterocycles. The first-order valence-corrected chi connectivity index (χ1v) is 5.47. The van der Waals surface area contributed by atoms with E-state index >= 15 is 0 Å². The molecule has 0 N–H and O–H groups in total. The van der Waals surface area contributed by atoms with Gasteiger partial charge in [0.1, 0.15) is 0 Å². The average molecular weight is 259 g/mol. The van der Waals surface area contributed by atoms with Gasteiger partial charge in [0.25, 0.3) is 0 Å². The lowest BCUT2D eigenvalue weighted by molar-refractivity contribution is -0.199. The van der Waals surface area contributed by atoms with Crippen molar-refractivity contribution in [1.29, 1.82) is 0 Å². The zero-order valence-corrected chi connectivity index (χ0v) is 9.65. The molecule has 1 amide bonds. The number of carbonyl (C=O) groups excluding carboxylic acids is 1. The number of amides is 1. The molecule has 0 radical (unpaired) electrons. The molecule has 1 heterocycles. The van der Waals surface area contributed by atoms with Crippen LogP contribution < -0.4 is 0 Å². The lowest BCUT2D eigenvalue weighted by Gasteiger charge is -2.21. The Bertz CT molecular complexity index is 433. The van der Waals surface area contributed by atoms with E-state index in [1.807, 2.05) is 0 Å². The Morgan fingerprint density at radius 2 is 1.89 bits per heavy atom. The van der Waals surface area contributed by atoms with Gasteiger partial charge in [-0.3, -0.25) is 4.90 Å². The van der Waals surface area contributed by atoms with E-state index in [0.717, 1.165) is 10.5 Å². The van der Waals surface area contributed by atoms with Crippen LogP contribution in [0.4, 0.5) is 18.0 Å². The van der Waals surface area contributed by atoms with Gasteiger partial charge in [-0.2, -0.15) is 13.2 Å². The third-order valence-electron chi connectivity index (χ3n) is 2.91. The summed E-state index contributed by atoms with van der Waals surface area (Å²) in [6.07, 6.45) is -7.50. The molecule has 18 heavy (non-hydrogen) atoms. The van der Waals surface area contributed by atoms with Gasteiger partial charge in [-0.05, 0) is 12.5 Å². The van der Waals surface area contributed by atoms with E-state index in [1.54, 1.807) is 30.3 Å². The first-order chi connectivity index (χ1) is 8.39. The van der Waals surface area contributed by atoms with Crippen molar-refractivity contribution in [1.82, 2.24) is 4.90 Å². The summed E-state index contributed by atoms with van der Waals surface area (Å²) in [7, 11) is 0. The lowest BCUT2D eigenvalue weighted by Crippen LogP contribution is -2.40. The van der Waals surface area contributed by atoms with Gasteiger partial charge in [0, 0.05) is 6.54 Å². The second-order valence-electron chi connectivity index (χ2n) is 4.20. The molecule has 1 aromatic rings. The molecule has 1 fully saturated rings. The molecule has 1 saturated heterocycles. The van der Waals surface area contributed by atoms with Gasteiger partial charge in [-0.1, -0.05) is 30.3 Å². The van der Waals surface area contributed by atoms with Gasteiger partial charge in [-0.15, -0.1) is 0 Å². The molecule has 98 valence electrons. The van der Waals surface area contributed by atoms with Crippen LogP contribution in [0.1, 0.15) is 12.5 Å². The second kappa shape index (κ2) is 4.51. The highest BCUT2D eigenvalue weighted by atomic mass is 19.4. The Hall–Kier alpha value is -1.72. The van der Waals surface area contributed by atoms with Crippen LogP contribution in [-0.2, 0) is 11.3 Å². The lowest BCUT2D eigenvalue weighted by atomic mass is 10.1. The molecule has 2 atom stereocenters. The normalized spacial score (nSPS) is 24.2. The summed E-state index contributed by atoms with van der Waals surface area (Å²) >= 11 is 0. The highest BCUT2D eigenvalue weighted by Crippen LogP contribution is 2.33. The summed E-state index contributed by atoms with van der Waals surface area (Å²) in [5, 5.41) is 0. The van der Waals surface area contributed by atoms with Crippen molar-refractivity contribution in [3.8, 4) is 0 Å². The fourth-order valence-electron chi connectivity index (χ4n) is 1.93. The van der Waals surface area contributed by atoms with E-state index in [4.69, 9.17) is 0 Å². The van der Waals surface area contributed by atoms with Crippen LogP contribution in [0, 0.1) is 0 Å². The first kappa shape index (κ1) is 12.7. The summed E-state index contributed by atoms with van der Waals surface area (Å²) in [6, 6.07) is 7.82. The van der Waals surface area contributed by atoms with Gasteiger partial charge in [0.2, 0.25) is 6.10 Å². The van der Waals surface area contributed by atoms with Gasteiger partial charge in [0.05, 0.1) is 6.04 Å². The average Bonchev–Trinajstić information content (AvgIpc) is 2.58. The number of nitrogens with zero attached hydrogens (tertiary/aromatic N) is 1. The van der Waals surface area contributed by atoms with E-state index in [-0.39, 0.29) is 6.54 Å². The number of ether oxygens (including phenoxy) is 1. The Labute approximate surface area is 102 Å². The fraction of sp³-hybridized carbons (Fsp3) is 0.417. The topological polar surface area (TPSA) is 29.5 Å². The van der Waals surface area contributed by atoms with Crippen LogP contribution >= 0.6 is 0 Å². The predicted molar refractivity (Wildman–Crippen MR) is 57.8 cm³/mol. The molecule has 3 nitrogen and oxygen atoms in total. The molecule has 0 aliphatic carbocycles. The SMILES string of the molecule is C[C@@H]1[C@@H](C(F)(F)F)OC(=O)N1Cc1ccccc1. The minimum Gasteiger partial charge on any atom is -0.434 e. The number of benzene rings is 1. The maximum atomic E-state index is 12.6. The predicted octanol–water partition coefficient (Wildman–Crippen LogP) is 2.96. The molecule has 1 aromatic carbocycles. The summed E-state index contributed by atoms with van der Waals surface area (Å²) in [6.45, 7) is 1.46. The zero-order chi connectivity index (χ0) is 13.3. The van der Waals surface area contributed by atoms with E-state index in [2.05, 4.69) is 4.74 Å². The molecular weight excluding hydrogens is 247 g/mol. The number of rotatable bonds is 2. The molecule has 1 aliphatic rings. The molecular formula is C12H12F3NO2. The third-order valence-corrected chi connectivity index (χ3v) is 2.91. The van der Waals surface area contributed by atoms with Crippen molar-refractivity contribution in [3.05, 3.63) is 35.9 Å². The number of carbonyl (C=O) groups is 1. The van der Waals surface area contributed by atoms with E-state index < -0.39 is 24.4 Å². The van der Waals surface area contributed by atoms with Crippen molar-refractivity contribution >= 4 is 6.09 Å². The minimum atomic E-state index is -4.53. The molecule has 2 rings (SSSR count). The Balaban J connectivity index is 2.13. The van der Waals surface area contributed by atoms with Gasteiger partial charge in [0.15, 0.2) is 0 Å². The Morgan fingerprint density at radius 3 is 2.39 bits per heavy atom.